The van der Waals surface area contributed by atoms with Crippen molar-refractivity contribution in [2.24, 2.45) is 0 Å². The van der Waals surface area contributed by atoms with Crippen LogP contribution < -0.4 is 5.32 Å². The molecule has 1 heterocycles. The minimum Gasteiger partial charge on any atom is -0.379 e. The van der Waals surface area contributed by atoms with Gasteiger partial charge in [0.1, 0.15) is 11.5 Å². The van der Waals surface area contributed by atoms with Crippen molar-refractivity contribution in [1.29, 1.82) is 0 Å². The maximum absolute atomic E-state index is 11.0. The van der Waals surface area contributed by atoms with Gasteiger partial charge in [0, 0.05) is 18.4 Å². The van der Waals surface area contributed by atoms with Crippen LogP contribution in [0.4, 0.5) is 11.4 Å². The summed E-state index contributed by atoms with van der Waals surface area (Å²) >= 11 is 1.49. The molecular formula is C13H17N5O2S. The fourth-order valence-corrected chi connectivity index (χ4v) is 2.56. The van der Waals surface area contributed by atoms with Crippen LogP contribution in [0.15, 0.2) is 23.4 Å². The molecule has 0 aliphatic heterocycles. The average molecular weight is 307 g/mol. The van der Waals surface area contributed by atoms with E-state index >= 15 is 0 Å². The van der Waals surface area contributed by atoms with E-state index in [2.05, 4.69) is 20.5 Å². The van der Waals surface area contributed by atoms with E-state index in [1.807, 2.05) is 19.9 Å². The normalized spacial score (nSPS) is 10.6. The highest BCUT2D eigenvalue weighted by Crippen LogP contribution is 2.28. The van der Waals surface area contributed by atoms with E-state index in [0.29, 0.717) is 23.1 Å². The van der Waals surface area contributed by atoms with Gasteiger partial charge < -0.3 is 5.32 Å². The predicted molar refractivity (Wildman–Crippen MR) is 82.6 cm³/mol. The SMILES string of the molecule is CCCNc1cc(CSc2n[nH]c(C)n2)ccc1[N+](=O)[O-]. The predicted octanol–water partition coefficient (Wildman–Crippen LogP) is 3.14. The fourth-order valence-electron chi connectivity index (χ4n) is 1.77. The van der Waals surface area contributed by atoms with Crippen LogP contribution in [0.5, 0.6) is 0 Å². The molecule has 0 aliphatic rings. The van der Waals surface area contributed by atoms with Gasteiger partial charge in [-0.2, -0.15) is 0 Å². The maximum atomic E-state index is 11.0. The Morgan fingerprint density at radius 1 is 1.48 bits per heavy atom. The second-order valence-electron chi connectivity index (χ2n) is 4.53. The summed E-state index contributed by atoms with van der Waals surface area (Å²) in [5.41, 5.74) is 1.66. The molecule has 0 aliphatic carbocycles. The molecule has 1 aromatic carbocycles. The standard InChI is InChI=1S/C13H17N5O2S/c1-3-6-14-11-7-10(4-5-12(11)18(19)20)8-21-13-15-9(2)16-17-13/h4-5,7,14H,3,6,8H2,1-2H3,(H,15,16,17). The van der Waals surface area contributed by atoms with Crippen LogP contribution in [0.1, 0.15) is 24.7 Å². The summed E-state index contributed by atoms with van der Waals surface area (Å²) in [5.74, 6) is 1.43. The number of anilines is 1. The zero-order chi connectivity index (χ0) is 15.2. The fraction of sp³-hybridized carbons (Fsp3) is 0.385. The lowest BCUT2D eigenvalue weighted by Gasteiger charge is -2.07. The first-order valence-corrected chi connectivity index (χ1v) is 7.61. The Labute approximate surface area is 126 Å². The Bertz CT molecular complexity index is 629. The summed E-state index contributed by atoms with van der Waals surface area (Å²) in [7, 11) is 0. The van der Waals surface area contributed by atoms with Crippen molar-refractivity contribution < 1.29 is 4.92 Å². The zero-order valence-corrected chi connectivity index (χ0v) is 12.7. The van der Waals surface area contributed by atoms with Gasteiger partial charge in [-0.3, -0.25) is 15.2 Å². The van der Waals surface area contributed by atoms with Gasteiger partial charge in [-0.05, 0) is 25.0 Å². The van der Waals surface area contributed by atoms with Crippen molar-refractivity contribution in [2.45, 2.75) is 31.2 Å². The third-order valence-electron chi connectivity index (χ3n) is 2.77. The number of aryl methyl sites for hydroxylation is 1. The van der Waals surface area contributed by atoms with Gasteiger partial charge >= 0.3 is 0 Å². The Kier molecular flexibility index (Phi) is 5.15. The first-order valence-electron chi connectivity index (χ1n) is 6.63. The lowest BCUT2D eigenvalue weighted by molar-refractivity contribution is -0.384. The number of aromatic nitrogens is 3. The van der Waals surface area contributed by atoms with Crippen LogP contribution in [0.25, 0.3) is 0 Å². The van der Waals surface area contributed by atoms with E-state index in [1.165, 1.54) is 17.8 Å². The molecule has 0 saturated carbocycles. The van der Waals surface area contributed by atoms with Crippen LogP contribution >= 0.6 is 11.8 Å². The van der Waals surface area contributed by atoms with E-state index in [9.17, 15) is 10.1 Å². The van der Waals surface area contributed by atoms with Gasteiger partial charge in [0.05, 0.1) is 4.92 Å². The smallest absolute Gasteiger partial charge is 0.292 e. The second-order valence-corrected chi connectivity index (χ2v) is 5.47. The highest BCUT2D eigenvalue weighted by Gasteiger charge is 2.14. The lowest BCUT2D eigenvalue weighted by Crippen LogP contribution is -2.03. The number of rotatable bonds is 7. The largest absolute Gasteiger partial charge is 0.379 e. The molecule has 0 fully saturated rings. The van der Waals surface area contributed by atoms with Gasteiger partial charge in [0.25, 0.3) is 5.69 Å². The second kappa shape index (κ2) is 7.07. The summed E-state index contributed by atoms with van der Waals surface area (Å²) in [4.78, 5) is 14.9. The van der Waals surface area contributed by atoms with Crippen molar-refractivity contribution in [2.75, 3.05) is 11.9 Å². The lowest BCUT2D eigenvalue weighted by atomic mass is 10.2. The summed E-state index contributed by atoms with van der Waals surface area (Å²) in [5, 5.41) is 21.6. The summed E-state index contributed by atoms with van der Waals surface area (Å²) in [6.45, 7) is 4.57. The Balaban J connectivity index is 2.10. The van der Waals surface area contributed by atoms with Gasteiger partial charge in [-0.1, -0.05) is 24.8 Å². The zero-order valence-electron chi connectivity index (χ0n) is 11.9. The molecule has 0 saturated heterocycles. The number of benzene rings is 1. The van der Waals surface area contributed by atoms with E-state index in [0.717, 1.165) is 17.8 Å². The van der Waals surface area contributed by atoms with Crippen LogP contribution in [-0.4, -0.2) is 26.6 Å². The Morgan fingerprint density at radius 2 is 2.29 bits per heavy atom. The third-order valence-corrected chi connectivity index (χ3v) is 3.69. The number of H-pyrrole nitrogens is 1. The van der Waals surface area contributed by atoms with E-state index < -0.39 is 0 Å². The highest BCUT2D eigenvalue weighted by molar-refractivity contribution is 7.98. The molecule has 7 nitrogen and oxygen atoms in total. The van der Waals surface area contributed by atoms with E-state index in [-0.39, 0.29) is 10.6 Å². The average Bonchev–Trinajstić information content (AvgIpc) is 2.88. The number of thioether (sulfide) groups is 1. The molecule has 0 spiro atoms. The number of nitrogens with one attached hydrogen (secondary N) is 2. The molecule has 0 amide bonds. The van der Waals surface area contributed by atoms with E-state index in [1.54, 1.807) is 6.07 Å². The number of hydrogen-bond acceptors (Lipinski definition) is 6. The Hall–Kier alpha value is -2.09. The number of aromatic amines is 1. The van der Waals surface area contributed by atoms with Gasteiger partial charge in [-0.25, -0.2) is 4.98 Å². The quantitative estimate of drug-likeness (QED) is 0.463. The third kappa shape index (κ3) is 4.19. The van der Waals surface area contributed by atoms with Crippen molar-refractivity contribution >= 4 is 23.1 Å². The topological polar surface area (TPSA) is 96.7 Å². The molecular weight excluding hydrogens is 290 g/mol. The molecule has 0 atom stereocenters. The van der Waals surface area contributed by atoms with E-state index in [4.69, 9.17) is 0 Å². The van der Waals surface area contributed by atoms with Crippen molar-refractivity contribution in [1.82, 2.24) is 15.2 Å². The van der Waals surface area contributed by atoms with Gasteiger partial charge in [-0.15, -0.1) is 5.10 Å². The van der Waals surface area contributed by atoms with Crippen LogP contribution in [-0.2, 0) is 5.75 Å². The molecule has 112 valence electrons. The Morgan fingerprint density at radius 3 is 2.90 bits per heavy atom. The molecule has 2 rings (SSSR count). The van der Waals surface area contributed by atoms with Gasteiger partial charge in [0.2, 0.25) is 5.16 Å². The number of nitro groups is 1. The van der Waals surface area contributed by atoms with Crippen molar-refractivity contribution in [3.8, 4) is 0 Å². The molecule has 21 heavy (non-hydrogen) atoms. The van der Waals surface area contributed by atoms with Gasteiger partial charge in [0.15, 0.2) is 0 Å². The molecule has 2 N–H and O–H groups in total. The first-order chi connectivity index (χ1) is 10.1. The molecule has 0 radical (unpaired) electrons. The molecule has 0 unspecified atom stereocenters. The summed E-state index contributed by atoms with van der Waals surface area (Å²) in [6, 6.07) is 5.12. The van der Waals surface area contributed by atoms with Crippen molar-refractivity contribution in [3.63, 3.8) is 0 Å². The maximum Gasteiger partial charge on any atom is 0.292 e. The minimum absolute atomic E-state index is 0.103. The number of nitrogens with zero attached hydrogens (tertiary/aromatic N) is 3. The minimum atomic E-state index is -0.368. The van der Waals surface area contributed by atoms with Crippen LogP contribution in [0, 0.1) is 17.0 Å². The monoisotopic (exact) mass is 307 g/mol. The van der Waals surface area contributed by atoms with Crippen LogP contribution in [0.3, 0.4) is 0 Å². The first kappa shape index (κ1) is 15.3. The molecule has 1 aromatic heterocycles. The summed E-state index contributed by atoms with van der Waals surface area (Å²) < 4.78 is 0. The van der Waals surface area contributed by atoms with Crippen LogP contribution in [0.2, 0.25) is 0 Å². The highest BCUT2D eigenvalue weighted by atomic mass is 32.2. The summed E-state index contributed by atoms with van der Waals surface area (Å²) in [6.07, 6.45) is 0.909. The molecule has 8 heteroatoms. The van der Waals surface area contributed by atoms with Crippen molar-refractivity contribution in [3.05, 3.63) is 39.7 Å². The number of hydrogen-bond donors (Lipinski definition) is 2. The molecule has 2 aromatic rings. The molecule has 0 bridgehead atoms. The number of nitro benzene ring substituents is 1.